The monoisotopic (exact) mass is 416 g/mol. The first-order valence-corrected chi connectivity index (χ1v) is 10.4. The van der Waals surface area contributed by atoms with Crippen molar-refractivity contribution in [3.8, 4) is 17.0 Å². The second-order valence-corrected chi connectivity index (χ2v) is 10.3. The Morgan fingerprint density at radius 2 is 1.90 bits per heavy atom. The molecule has 0 atom stereocenters. The van der Waals surface area contributed by atoms with E-state index in [4.69, 9.17) is 10.5 Å². The largest absolute Gasteiger partial charge is 0.495 e. The molecule has 1 amide bonds. The van der Waals surface area contributed by atoms with Crippen molar-refractivity contribution >= 4 is 27.1 Å². The number of anilines is 1. The SMILES string of the molecule is CNC(=O)c1cc(N)cc(-c2cnc3cc(OC)c(S(=O)(=O)C(C)(C)C)cn23)c1. The number of sulfone groups is 1. The number of nitrogens with one attached hydrogen (secondary N) is 1. The van der Waals surface area contributed by atoms with Gasteiger partial charge in [-0.25, -0.2) is 13.4 Å². The van der Waals surface area contributed by atoms with Crippen LogP contribution in [0, 0.1) is 0 Å². The molecule has 9 heteroatoms. The number of methoxy groups -OCH3 is 1. The Morgan fingerprint density at radius 1 is 1.21 bits per heavy atom. The molecule has 0 unspecified atom stereocenters. The fourth-order valence-electron chi connectivity index (χ4n) is 2.97. The molecule has 0 aliphatic rings. The van der Waals surface area contributed by atoms with Crippen molar-refractivity contribution in [1.82, 2.24) is 14.7 Å². The Kier molecular flexibility index (Phi) is 5.04. The molecule has 3 N–H and O–H groups in total. The molecule has 0 bridgehead atoms. The van der Waals surface area contributed by atoms with Gasteiger partial charge >= 0.3 is 0 Å². The summed E-state index contributed by atoms with van der Waals surface area (Å²) in [6, 6.07) is 6.54. The number of hydrogen-bond acceptors (Lipinski definition) is 6. The summed E-state index contributed by atoms with van der Waals surface area (Å²) >= 11 is 0. The van der Waals surface area contributed by atoms with E-state index in [1.54, 1.807) is 55.6 Å². The van der Waals surface area contributed by atoms with E-state index in [1.165, 1.54) is 20.4 Å². The van der Waals surface area contributed by atoms with Crippen LogP contribution in [0.15, 0.2) is 41.6 Å². The van der Waals surface area contributed by atoms with Crippen molar-refractivity contribution < 1.29 is 17.9 Å². The first-order valence-electron chi connectivity index (χ1n) is 8.92. The number of pyridine rings is 1. The van der Waals surface area contributed by atoms with Crippen molar-refractivity contribution in [3.05, 3.63) is 42.2 Å². The maximum absolute atomic E-state index is 13.1. The van der Waals surface area contributed by atoms with E-state index in [-0.39, 0.29) is 16.6 Å². The van der Waals surface area contributed by atoms with E-state index in [9.17, 15) is 13.2 Å². The molecule has 3 rings (SSSR count). The Balaban J connectivity index is 2.29. The Morgan fingerprint density at radius 3 is 2.48 bits per heavy atom. The number of nitrogen functional groups attached to an aromatic ring is 1. The second kappa shape index (κ2) is 7.07. The van der Waals surface area contributed by atoms with Crippen LogP contribution < -0.4 is 15.8 Å². The van der Waals surface area contributed by atoms with Gasteiger partial charge in [-0.3, -0.25) is 9.20 Å². The second-order valence-electron chi connectivity index (χ2n) is 7.62. The van der Waals surface area contributed by atoms with Crippen LogP contribution in [0.2, 0.25) is 0 Å². The number of nitrogens with two attached hydrogens (primary N) is 1. The Labute approximate surface area is 169 Å². The highest BCUT2D eigenvalue weighted by atomic mass is 32.2. The standard InChI is InChI=1S/C20H24N4O4S/c1-20(2,3)29(26,27)17-11-24-15(10-23-18(24)9-16(17)28-5)12-6-13(19(25)22-4)8-14(21)7-12/h6-11H,21H2,1-5H3,(H,22,25). The van der Waals surface area contributed by atoms with Gasteiger partial charge in [0.05, 0.1) is 23.7 Å². The van der Waals surface area contributed by atoms with Crippen LogP contribution >= 0.6 is 0 Å². The van der Waals surface area contributed by atoms with Crippen molar-refractivity contribution in [2.75, 3.05) is 19.9 Å². The summed E-state index contributed by atoms with van der Waals surface area (Å²) in [6.45, 7) is 4.90. The number of amides is 1. The van der Waals surface area contributed by atoms with Gasteiger partial charge in [-0.2, -0.15) is 0 Å². The molecule has 0 fully saturated rings. The van der Waals surface area contributed by atoms with Crippen LogP contribution in [0.25, 0.3) is 16.9 Å². The lowest BCUT2D eigenvalue weighted by molar-refractivity contribution is 0.0963. The zero-order valence-corrected chi connectivity index (χ0v) is 17.8. The van der Waals surface area contributed by atoms with Gasteiger partial charge in [-0.05, 0) is 39.0 Å². The number of hydrogen-bond donors (Lipinski definition) is 2. The van der Waals surface area contributed by atoms with Gasteiger partial charge in [0.2, 0.25) is 0 Å². The van der Waals surface area contributed by atoms with Gasteiger partial charge in [0.1, 0.15) is 16.3 Å². The van der Waals surface area contributed by atoms with Crippen LogP contribution in [0.1, 0.15) is 31.1 Å². The van der Waals surface area contributed by atoms with Gasteiger partial charge in [0, 0.05) is 36.1 Å². The number of aromatic nitrogens is 2. The predicted molar refractivity (Wildman–Crippen MR) is 112 cm³/mol. The molecule has 8 nitrogen and oxygen atoms in total. The van der Waals surface area contributed by atoms with Crippen LogP contribution in [0.3, 0.4) is 0 Å². The summed E-state index contributed by atoms with van der Waals surface area (Å²) in [4.78, 5) is 16.5. The van der Waals surface area contributed by atoms with E-state index >= 15 is 0 Å². The molecule has 1 aromatic carbocycles. The van der Waals surface area contributed by atoms with Crippen LogP contribution in [-0.2, 0) is 9.84 Å². The molecule has 0 radical (unpaired) electrons. The fourth-order valence-corrected chi connectivity index (χ4v) is 4.28. The maximum Gasteiger partial charge on any atom is 0.251 e. The predicted octanol–water partition coefficient (Wildman–Crippen LogP) is 2.52. The summed E-state index contributed by atoms with van der Waals surface area (Å²) in [5.41, 5.74) is 8.53. The van der Waals surface area contributed by atoms with Gasteiger partial charge in [-0.15, -0.1) is 0 Å². The topological polar surface area (TPSA) is 116 Å². The molecule has 0 aliphatic carbocycles. The number of ether oxygens (including phenoxy) is 1. The molecule has 2 aromatic heterocycles. The number of carbonyl (C=O) groups is 1. The number of carbonyl (C=O) groups excluding carboxylic acids is 1. The third kappa shape index (κ3) is 3.53. The molecule has 0 aliphatic heterocycles. The number of fused-ring (bicyclic) bond motifs is 1. The molecule has 3 aromatic rings. The quantitative estimate of drug-likeness (QED) is 0.632. The average molecular weight is 417 g/mol. The molecule has 0 saturated heterocycles. The molecule has 0 spiro atoms. The van der Waals surface area contributed by atoms with E-state index in [0.717, 1.165) is 0 Å². The third-order valence-electron chi connectivity index (χ3n) is 4.63. The highest BCUT2D eigenvalue weighted by Crippen LogP contribution is 2.34. The summed E-state index contributed by atoms with van der Waals surface area (Å²) < 4.78 is 32.2. The van der Waals surface area contributed by atoms with Gasteiger partial charge < -0.3 is 15.8 Å². The van der Waals surface area contributed by atoms with Crippen LogP contribution in [0.5, 0.6) is 5.75 Å². The molecule has 154 valence electrons. The number of imidazole rings is 1. The van der Waals surface area contributed by atoms with Crippen molar-refractivity contribution in [1.29, 1.82) is 0 Å². The van der Waals surface area contributed by atoms with Gasteiger partial charge in [-0.1, -0.05) is 0 Å². The minimum absolute atomic E-state index is 0.0645. The minimum Gasteiger partial charge on any atom is -0.495 e. The number of nitrogens with zero attached hydrogens (tertiary/aromatic N) is 2. The van der Waals surface area contributed by atoms with Gasteiger partial charge in [0.15, 0.2) is 9.84 Å². The van der Waals surface area contributed by atoms with Crippen molar-refractivity contribution in [3.63, 3.8) is 0 Å². The molecular weight excluding hydrogens is 392 g/mol. The minimum atomic E-state index is -3.68. The van der Waals surface area contributed by atoms with Crippen molar-refractivity contribution in [2.45, 2.75) is 30.4 Å². The lowest BCUT2D eigenvalue weighted by Crippen LogP contribution is -2.28. The number of rotatable bonds is 4. The summed E-state index contributed by atoms with van der Waals surface area (Å²) in [5.74, 6) is -0.0479. The third-order valence-corrected chi connectivity index (χ3v) is 7.13. The zero-order chi connectivity index (χ0) is 21.6. The highest BCUT2D eigenvalue weighted by molar-refractivity contribution is 7.92. The normalized spacial score (nSPS) is 12.2. The maximum atomic E-state index is 13.1. The van der Waals surface area contributed by atoms with E-state index < -0.39 is 14.6 Å². The lowest BCUT2D eigenvalue weighted by Gasteiger charge is -2.21. The Hall–Kier alpha value is -3.07. The molecule has 2 heterocycles. The van der Waals surface area contributed by atoms with Crippen molar-refractivity contribution in [2.24, 2.45) is 0 Å². The Bertz CT molecular complexity index is 1210. The fraction of sp³-hybridized carbons (Fsp3) is 0.300. The summed E-state index contributed by atoms with van der Waals surface area (Å²) in [6.07, 6.45) is 3.10. The van der Waals surface area contributed by atoms with Crippen LogP contribution in [0.4, 0.5) is 5.69 Å². The lowest BCUT2D eigenvalue weighted by atomic mass is 10.1. The molecule has 0 saturated carbocycles. The first-order chi connectivity index (χ1) is 13.5. The van der Waals surface area contributed by atoms with E-state index in [2.05, 4.69) is 10.3 Å². The smallest absolute Gasteiger partial charge is 0.251 e. The molecule has 29 heavy (non-hydrogen) atoms. The van der Waals surface area contributed by atoms with E-state index in [0.29, 0.717) is 28.2 Å². The highest BCUT2D eigenvalue weighted by Gasteiger charge is 2.34. The average Bonchev–Trinajstić information content (AvgIpc) is 3.07. The first kappa shape index (κ1) is 20.7. The number of benzene rings is 1. The summed E-state index contributed by atoms with van der Waals surface area (Å²) in [5, 5.41) is 2.57. The molecular formula is C20H24N4O4S. The van der Waals surface area contributed by atoms with Gasteiger partial charge in [0.25, 0.3) is 5.91 Å². The van der Waals surface area contributed by atoms with Crippen LogP contribution in [-0.4, -0.2) is 42.6 Å². The van der Waals surface area contributed by atoms with E-state index in [1.807, 2.05) is 0 Å². The zero-order valence-electron chi connectivity index (χ0n) is 17.0. The summed E-state index contributed by atoms with van der Waals surface area (Å²) in [7, 11) is -0.725.